The molecule has 1 aliphatic heterocycles. The van der Waals surface area contributed by atoms with Crippen LogP contribution in [0.1, 0.15) is 11.1 Å². The van der Waals surface area contributed by atoms with Gasteiger partial charge in [0.2, 0.25) is 0 Å². The molecule has 6 heteroatoms. The zero-order valence-electron chi connectivity index (χ0n) is 13.0. The summed E-state index contributed by atoms with van der Waals surface area (Å²) >= 11 is 0. The Kier molecular flexibility index (Phi) is 4.28. The van der Waals surface area contributed by atoms with Crippen LogP contribution >= 0.6 is 0 Å². The van der Waals surface area contributed by atoms with E-state index in [0.717, 1.165) is 17.1 Å². The number of aryl methyl sites for hydroxylation is 1. The van der Waals surface area contributed by atoms with Crippen LogP contribution in [0.4, 0.5) is 0 Å². The van der Waals surface area contributed by atoms with Crippen molar-refractivity contribution in [2.24, 2.45) is 0 Å². The van der Waals surface area contributed by atoms with E-state index >= 15 is 0 Å². The van der Waals surface area contributed by atoms with Crippen LogP contribution in [0.25, 0.3) is 0 Å². The van der Waals surface area contributed by atoms with Gasteiger partial charge in [-0.25, -0.2) is 0 Å². The van der Waals surface area contributed by atoms with E-state index in [0.29, 0.717) is 12.0 Å². The first-order valence-electron chi connectivity index (χ1n) is 7.28. The summed E-state index contributed by atoms with van der Waals surface area (Å²) in [5, 5.41) is 0. The van der Waals surface area contributed by atoms with Crippen LogP contribution in [0, 0.1) is 6.92 Å². The summed E-state index contributed by atoms with van der Waals surface area (Å²) in [6.45, 7) is 1.72. The molecule has 0 N–H and O–H groups in total. The molecule has 2 aromatic rings. The molecule has 0 aromatic heterocycles. The van der Waals surface area contributed by atoms with Gasteiger partial charge in [-0.05, 0) is 36.8 Å². The van der Waals surface area contributed by atoms with E-state index in [1.165, 1.54) is 0 Å². The van der Waals surface area contributed by atoms with Gasteiger partial charge >= 0.3 is 0 Å². The Balaban J connectivity index is 1.67. The Bertz CT molecular complexity index is 813. The Labute approximate surface area is 135 Å². The molecule has 0 saturated heterocycles. The van der Waals surface area contributed by atoms with Crippen molar-refractivity contribution in [3.05, 3.63) is 53.6 Å². The molecular weight excluding hydrogens is 316 g/mol. The number of methoxy groups -OCH3 is 1. The van der Waals surface area contributed by atoms with E-state index in [1.54, 1.807) is 38.3 Å². The molecule has 5 nitrogen and oxygen atoms in total. The second kappa shape index (κ2) is 6.22. The fourth-order valence-corrected chi connectivity index (χ4v) is 3.75. The van der Waals surface area contributed by atoms with Crippen molar-refractivity contribution in [2.45, 2.75) is 24.3 Å². The quantitative estimate of drug-likeness (QED) is 0.787. The molecule has 2 aromatic carbocycles. The van der Waals surface area contributed by atoms with Crippen molar-refractivity contribution in [3.63, 3.8) is 0 Å². The number of benzene rings is 2. The minimum Gasteiger partial charge on any atom is -0.497 e. The highest BCUT2D eigenvalue weighted by Gasteiger charge is 2.26. The van der Waals surface area contributed by atoms with Gasteiger partial charge < -0.3 is 9.47 Å². The lowest BCUT2D eigenvalue weighted by Gasteiger charge is -2.12. The normalized spacial score (nSPS) is 16.7. The summed E-state index contributed by atoms with van der Waals surface area (Å²) in [5.41, 5.74) is 1.65. The first-order valence-corrected chi connectivity index (χ1v) is 8.69. The van der Waals surface area contributed by atoms with E-state index in [1.807, 2.05) is 18.2 Å². The average molecular weight is 334 g/mol. The highest BCUT2D eigenvalue weighted by atomic mass is 32.2. The Hall–Kier alpha value is -2.05. The van der Waals surface area contributed by atoms with Crippen molar-refractivity contribution in [3.8, 4) is 11.5 Å². The molecule has 0 unspecified atom stereocenters. The third-order valence-corrected chi connectivity index (χ3v) is 5.22. The van der Waals surface area contributed by atoms with Crippen LogP contribution in [-0.4, -0.2) is 28.2 Å². The van der Waals surface area contributed by atoms with E-state index in [2.05, 4.69) is 0 Å². The van der Waals surface area contributed by atoms with Gasteiger partial charge in [-0.2, -0.15) is 8.42 Å². The molecule has 1 aliphatic rings. The predicted molar refractivity (Wildman–Crippen MR) is 85.4 cm³/mol. The molecule has 0 bridgehead atoms. The Morgan fingerprint density at radius 1 is 1.22 bits per heavy atom. The SMILES string of the molecule is COc1ccc2c(c1)C[C@@H](COS(=O)(=O)c1ccccc1C)O2. The standard InChI is InChI=1S/C17H18O5S/c1-12-5-3-4-6-17(12)23(18,19)21-11-15-10-13-9-14(20-2)7-8-16(13)22-15/h3-9,15H,10-11H2,1-2H3/t15-/m0/s1. The van der Waals surface area contributed by atoms with Crippen molar-refractivity contribution in [1.29, 1.82) is 0 Å². The van der Waals surface area contributed by atoms with E-state index in [4.69, 9.17) is 13.7 Å². The van der Waals surface area contributed by atoms with E-state index in [-0.39, 0.29) is 17.6 Å². The largest absolute Gasteiger partial charge is 0.497 e. The lowest BCUT2D eigenvalue weighted by Crippen LogP contribution is -2.23. The monoisotopic (exact) mass is 334 g/mol. The smallest absolute Gasteiger partial charge is 0.297 e. The number of hydrogen-bond acceptors (Lipinski definition) is 5. The predicted octanol–water partition coefficient (Wildman–Crippen LogP) is 2.71. The van der Waals surface area contributed by atoms with Crippen LogP contribution in [0.15, 0.2) is 47.4 Å². The van der Waals surface area contributed by atoms with Gasteiger partial charge in [-0.3, -0.25) is 4.18 Å². The maximum absolute atomic E-state index is 12.3. The van der Waals surface area contributed by atoms with Crippen LogP contribution in [-0.2, 0) is 20.7 Å². The highest BCUT2D eigenvalue weighted by molar-refractivity contribution is 7.86. The van der Waals surface area contributed by atoms with Gasteiger partial charge in [0.25, 0.3) is 10.1 Å². The van der Waals surface area contributed by atoms with Crippen LogP contribution < -0.4 is 9.47 Å². The summed E-state index contributed by atoms with van der Waals surface area (Å²) < 4.78 is 40.7. The van der Waals surface area contributed by atoms with Gasteiger partial charge in [0, 0.05) is 12.0 Å². The molecule has 0 aliphatic carbocycles. The third kappa shape index (κ3) is 3.33. The fourth-order valence-electron chi connectivity index (χ4n) is 2.58. The van der Waals surface area contributed by atoms with E-state index in [9.17, 15) is 8.42 Å². The molecular formula is C17H18O5S. The summed E-state index contributed by atoms with van der Waals surface area (Å²) in [6, 6.07) is 12.3. The van der Waals surface area contributed by atoms with Crippen molar-refractivity contribution in [1.82, 2.24) is 0 Å². The first kappa shape index (κ1) is 15.8. The highest BCUT2D eigenvalue weighted by Crippen LogP contribution is 2.32. The molecule has 0 amide bonds. The molecule has 122 valence electrons. The van der Waals surface area contributed by atoms with E-state index < -0.39 is 10.1 Å². The zero-order valence-corrected chi connectivity index (χ0v) is 13.8. The lowest BCUT2D eigenvalue weighted by atomic mass is 10.1. The minimum atomic E-state index is -3.78. The Morgan fingerprint density at radius 3 is 2.74 bits per heavy atom. The van der Waals surface area contributed by atoms with Gasteiger partial charge in [-0.1, -0.05) is 18.2 Å². The van der Waals surface area contributed by atoms with Gasteiger partial charge in [-0.15, -0.1) is 0 Å². The number of ether oxygens (including phenoxy) is 2. The number of fused-ring (bicyclic) bond motifs is 1. The molecule has 1 atom stereocenters. The van der Waals surface area contributed by atoms with Gasteiger partial charge in [0.05, 0.1) is 12.0 Å². The van der Waals surface area contributed by atoms with Crippen LogP contribution in [0.2, 0.25) is 0 Å². The van der Waals surface area contributed by atoms with Gasteiger partial charge in [0.15, 0.2) is 0 Å². The second-order valence-electron chi connectivity index (χ2n) is 5.42. The second-order valence-corrected chi connectivity index (χ2v) is 7.01. The average Bonchev–Trinajstić information content (AvgIpc) is 2.95. The minimum absolute atomic E-state index is 0.0202. The zero-order chi connectivity index (χ0) is 16.4. The van der Waals surface area contributed by atoms with Gasteiger partial charge in [0.1, 0.15) is 24.2 Å². The van der Waals surface area contributed by atoms with Crippen molar-refractivity contribution >= 4 is 10.1 Å². The maximum Gasteiger partial charge on any atom is 0.297 e. The molecule has 0 radical (unpaired) electrons. The van der Waals surface area contributed by atoms with Crippen LogP contribution in [0.5, 0.6) is 11.5 Å². The molecule has 1 heterocycles. The first-order chi connectivity index (χ1) is 11.0. The molecule has 0 saturated carbocycles. The van der Waals surface area contributed by atoms with Crippen LogP contribution in [0.3, 0.4) is 0 Å². The molecule has 0 fully saturated rings. The molecule has 23 heavy (non-hydrogen) atoms. The summed E-state index contributed by atoms with van der Waals surface area (Å²) in [7, 11) is -2.18. The van der Waals surface area contributed by atoms with Crippen molar-refractivity contribution < 1.29 is 22.1 Å². The lowest BCUT2D eigenvalue weighted by molar-refractivity contribution is 0.152. The Morgan fingerprint density at radius 2 is 2.00 bits per heavy atom. The molecule has 3 rings (SSSR count). The summed E-state index contributed by atoms with van der Waals surface area (Å²) in [6.07, 6.45) is 0.270. The topological polar surface area (TPSA) is 61.8 Å². The van der Waals surface area contributed by atoms with Crippen molar-refractivity contribution in [2.75, 3.05) is 13.7 Å². The number of rotatable bonds is 5. The third-order valence-electron chi connectivity index (χ3n) is 3.78. The summed E-state index contributed by atoms with van der Waals surface area (Å²) in [4.78, 5) is 0.192. The maximum atomic E-state index is 12.3. The fraction of sp³-hybridized carbons (Fsp3) is 0.294. The number of hydrogen-bond donors (Lipinski definition) is 0. The molecule has 0 spiro atoms. The summed E-state index contributed by atoms with van der Waals surface area (Å²) in [5.74, 6) is 1.49.